The molecule has 0 radical (unpaired) electrons. The maximum absolute atomic E-state index is 12.3. The number of phenolic OH excluding ortho intramolecular Hbond substituents is 1. The van der Waals surface area contributed by atoms with Crippen LogP contribution in [0, 0.1) is 6.85 Å². The largest absolute Gasteiger partial charge is 0.507 e. The number of aryl methyl sites for hydroxylation is 1. The number of aromatic hydroxyl groups is 1. The minimum absolute atomic E-state index is 0.00960. The Morgan fingerprint density at radius 3 is 1.81 bits per heavy atom. The first-order chi connectivity index (χ1) is 33.4. The van der Waals surface area contributed by atoms with E-state index in [9.17, 15) is 5.11 Å². The maximum atomic E-state index is 12.3. The van der Waals surface area contributed by atoms with E-state index in [4.69, 9.17) is 16.8 Å². The van der Waals surface area contributed by atoms with Crippen molar-refractivity contribution >= 4 is 11.0 Å². The van der Waals surface area contributed by atoms with Crippen molar-refractivity contribution in [1.29, 1.82) is 0 Å². The van der Waals surface area contributed by atoms with Crippen LogP contribution in [0.5, 0.6) is 5.75 Å². The van der Waals surface area contributed by atoms with Crippen LogP contribution in [0.3, 0.4) is 0 Å². The monoisotopic (exact) mass is 891 g/mol. The standard InChI is InChI=1S/C63H71N3O/c1-37(2)45-28-46(38(3)4)30-48(29-45)43-21-24-57(41(9)27-43)66-58-18-16-17-53(59(58)65-61(66)55-35-47(39(5)6)34-54(40(7)8)60(55)67)49-31-50(33-52(32-49)63(13,14)15)56-36-44(25-26-64-56)42-19-22-51(23-20-42)62(10,11)12/h16-40,67H,1-15H3/i9D3,37D,38D. The Kier molecular flexibility index (Phi) is 11.1. The smallest absolute Gasteiger partial charge is 0.149 e. The number of rotatable bonds is 10. The highest BCUT2D eigenvalue weighted by Gasteiger charge is 2.26. The average molecular weight is 891 g/mol. The van der Waals surface area contributed by atoms with E-state index in [-0.39, 0.29) is 34.0 Å². The first kappa shape index (κ1) is 41.0. The van der Waals surface area contributed by atoms with Crippen LogP contribution in [0.25, 0.3) is 72.7 Å². The summed E-state index contributed by atoms with van der Waals surface area (Å²) in [7, 11) is 0. The molecule has 2 heterocycles. The Morgan fingerprint density at radius 2 is 1.19 bits per heavy atom. The summed E-state index contributed by atoms with van der Waals surface area (Å²) >= 11 is 0. The van der Waals surface area contributed by atoms with Gasteiger partial charge in [-0.3, -0.25) is 9.55 Å². The number of para-hydroxylation sites is 1. The maximum Gasteiger partial charge on any atom is 0.149 e. The van der Waals surface area contributed by atoms with Crippen LogP contribution in [0.2, 0.25) is 0 Å². The molecule has 6 aromatic carbocycles. The molecule has 0 bridgehead atoms. The van der Waals surface area contributed by atoms with Crippen LogP contribution in [0.15, 0.2) is 128 Å². The van der Waals surface area contributed by atoms with Gasteiger partial charge in [0.1, 0.15) is 11.6 Å². The predicted octanol–water partition coefficient (Wildman–Crippen LogP) is 17.9. The Labute approximate surface area is 408 Å². The van der Waals surface area contributed by atoms with E-state index in [0.29, 0.717) is 33.7 Å². The molecule has 0 aliphatic heterocycles. The summed E-state index contributed by atoms with van der Waals surface area (Å²) < 4.78 is 47.1. The highest BCUT2D eigenvalue weighted by atomic mass is 16.3. The lowest BCUT2D eigenvalue weighted by Gasteiger charge is -2.22. The van der Waals surface area contributed by atoms with Crippen LogP contribution in [-0.4, -0.2) is 19.6 Å². The molecule has 0 saturated heterocycles. The molecule has 1 N–H and O–H groups in total. The van der Waals surface area contributed by atoms with Crippen molar-refractivity contribution in [3.05, 3.63) is 166 Å². The van der Waals surface area contributed by atoms with Crippen molar-refractivity contribution in [2.24, 2.45) is 0 Å². The number of hydrogen-bond donors (Lipinski definition) is 1. The molecule has 0 atom stereocenters. The van der Waals surface area contributed by atoms with Gasteiger partial charge in [0.05, 0.1) is 28.0 Å². The van der Waals surface area contributed by atoms with Crippen molar-refractivity contribution < 1.29 is 12.0 Å². The average Bonchev–Trinajstić information content (AvgIpc) is 3.69. The Balaban J connectivity index is 1.41. The summed E-state index contributed by atoms with van der Waals surface area (Å²) in [6.45, 7) is 26.4. The van der Waals surface area contributed by atoms with E-state index in [1.165, 1.54) is 5.56 Å². The van der Waals surface area contributed by atoms with Gasteiger partial charge in [-0.05, 0) is 157 Å². The molecule has 4 nitrogen and oxygen atoms in total. The SMILES string of the molecule is [2H]C([2H])([2H])c1cc(-c2cc(C([2H])(C)C)cc(C([2H])(C)C)c2)ccc1-n1c(-c2cc(C(C)C)cc(C(C)C)c2O)nc2c(-c3cc(-c4cc(-c5ccc(C(C)(C)C)cc5)ccn4)cc(C(C)(C)C)c3)cccc21. The van der Waals surface area contributed by atoms with Crippen molar-refractivity contribution in [2.45, 2.75) is 138 Å². The molecule has 0 fully saturated rings. The number of aromatic nitrogens is 3. The van der Waals surface area contributed by atoms with E-state index in [0.717, 1.165) is 66.9 Å². The van der Waals surface area contributed by atoms with Crippen LogP contribution in [0.1, 0.15) is 166 Å². The van der Waals surface area contributed by atoms with Crippen molar-refractivity contribution in [2.75, 3.05) is 0 Å². The van der Waals surface area contributed by atoms with E-state index in [1.807, 2.05) is 87.0 Å². The van der Waals surface area contributed by atoms with E-state index in [1.54, 1.807) is 6.07 Å². The molecule has 8 aromatic rings. The third-order valence-corrected chi connectivity index (χ3v) is 13.3. The molecule has 0 unspecified atom stereocenters. The number of nitrogens with zero attached hydrogens (tertiary/aromatic N) is 3. The van der Waals surface area contributed by atoms with Crippen LogP contribution < -0.4 is 0 Å². The molecule has 344 valence electrons. The quantitative estimate of drug-likeness (QED) is 0.149. The van der Waals surface area contributed by atoms with Crippen molar-refractivity contribution in [3.63, 3.8) is 0 Å². The molecule has 0 spiro atoms. The molecule has 0 aliphatic rings. The number of fused-ring (bicyclic) bond motifs is 1. The fraction of sp³-hybridized carbons (Fsp3) is 0.333. The summed E-state index contributed by atoms with van der Waals surface area (Å²) in [5.74, 6) is -1.27. The van der Waals surface area contributed by atoms with Gasteiger partial charge in [-0.1, -0.05) is 170 Å². The fourth-order valence-corrected chi connectivity index (χ4v) is 8.96. The van der Waals surface area contributed by atoms with Gasteiger partial charge in [0.15, 0.2) is 0 Å². The first-order valence-corrected chi connectivity index (χ1v) is 23.8. The molecule has 67 heavy (non-hydrogen) atoms. The van der Waals surface area contributed by atoms with Crippen molar-refractivity contribution in [3.8, 4) is 67.5 Å². The lowest BCUT2D eigenvalue weighted by Crippen LogP contribution is -2.11. The van der Waals surface area contributed by atoms with E-state index in [2.05, 4.69) is 136 Å². The highest BCUT2D eigenvalue weighted by molar-refractivity contribution is 5.97. The Morgan fingerprint density at radius 1 is 0.552 bits per heavy atom. The van der Waals surface area contributed by atoms with Gasteiger partial charge in [-0.25, -0.2) is 4.98 Å². The second-order valence-corrected chi connectivity index (χ2v) is 21.6. The molecule has 2 aromatic heterocycles. The highest BCUT2D eigenvalue weighted by Crippen LogP contribution is 2.44. The van der Waals surface area contributed by atoms with Gasteiger partial charge in [0, 0.05) is 24.2 Å². The summed E-state index contributed by atoms with van der Waals surface area (Å²) in [6.07, 6.45) is 1.87. The normalized spacial score (nSPS) is 14.0. The van der Waals surface area contributed by atoms with Gasteiger partial charge in [0.2, 0.25) is 0 Å². The molecule has 4 heteroatoms. The zero-order chi connectivity index (χ0) is 52.6. The number of hydrogen-bond acceptors (Lipinski definition) is 3. The Hall–Kier alpha value is -6.26. The van der Waals surface area contributed by atoms with Gasteiger partial charge < -0.3 is 5.11 Å². The lowest BCUT2D eigenvalue weighted by atomic mass is 9.83. The van der Waals surface area contributed by atoms with Crippen LogP contribution >= 0.6 is 0 Å². The summed E-state index contributed by atoms with van der Waals surface area (Å²) in [5.41, 5.74) is 15.0. The fourth-order valence-electron chi connectivity index (χ4n) is 8.96. The molecule has 0 saturated carbocycles. The lowest BCUT2D eigenvalue weighted by molar-refractivity contribution is 0.466. The van der Waals surface area contributed by atoms with Gasteiger partial charge in [-0.2, -0.15) is 0 Å². The second-order valence-electron chi connectivity index (χ2n) is 21.6. The third-order valence-electron chi connectivity index (χ3n) is 13.3. The number of benzene rings is 6. The first-order valence-electron chi connectivity index (χ1n) is 26.3. The van der Waals surface area contributed by atoms with E-state index < -0.39 is 18.6 Å². The van der Waals surface area contributed by atoms with Gasteiger partial charge in [-0.15, -0.1) is 0 Å². The van der Waals surface area contributed by atoms with E-state index >= 15 is 0 Å². The topological polar surface area (TPSA) is 50.9 Å². The van der Waals surface area contributed by atoms with Crippen LogP contribution in [-0.2, 0) is 10.8 Å². The number of imidazole rings is 1. The van der Waals surface area contributed by atoms with Gasteiger partial charge >= 0.3 is 0 Å². The summed E-state index contributed by atoms with van der Waals surface area (Å²) in [6, 6.07) is 41.0. The minimum atomic E-state index is -2.59. The number of phenols is 1. The molecule has 0 amide bonds. The summed E-state index contributed by atoms with van der Waals surface area (Å²) in [4.78, 5) is 10.5. The number of pyridine rings is 1. The van der Waals surface area contributed by atoms with Crippen molar-refractivity contribution in [1.82, 2.24) is 14.5 Å². The third kappa shape index (κ3) is 9.51. The molecule has 0 aliphatic carbocycles. The van der Waals surface area contributed by atoms with Crippen LogP contribution in [0.4, 0.5) is 0 Å². The van der Waals surface area contributed by atoms with Gasteiger partial charge in [0.25, 0.3) is 0 Å². The predicted molar refractivity (Wildman–Crippen MR) is 286 cm³/mol. The summed E-state index contributed by atoms with van der Waals surface area (Å²) in [5, 5.41) is 12.3. The second kappa shape index (κ2) is 18.1. The zero-order valence-corrected chi connectivity index (χ0v) is 42.1. The molecular weight excluding hydrogens is 815 g/mol. The Bertz CT molecular complexity index is 3300. The molecular formula is C63H71N3O. The molecule has 8 rings (SSSR count). The zero-order valence-electron chi connectivity index (χ0n) is 47.1. The minimum Gasteiger partial charge on any atom is -0.507 e.